The van der Waals surface area contributed by atoms with Crippen LogP contribution in [0.2, 0.25) is 5.02 Å². The maximum Gasteiger partial charge on any atom is 0.239 e. The maximum atomic E-state index is 5.96. The Hall–Kier alpha value is -1.53. The Morgan fingerprint density at radius 3 is 3.00 bits per heavy atom. The van der Waals surface area contributed by atoms with Crippen LogP contribution in [-0.4, -0.2) is 20.1 Å². The van der Waals surface area contributed by atoms with E-state index in [1.807, 2.05) is 32.0 Å². The van der Waals surface area contributed by atoms with Crippen molar-refractivity contribution in [2.24, 2.45) is 0 Å². The second kappa shape index (κ2) is 5.46. The second-order valence-electron chi connectivity index (χ2n) is 4.37. The zero-order valence-electron chi connectivity index (χ0n) is 11.1. The van der Waals surface area contributed by atoms with Gasteiger partial charge in [0.05, 0.1) is 16.3 Å². The molecule has 0 bridgehead atoms. The van der Waals surface area contributed by atoms with Crippen molar-refractivity contribution in [3.8, 4) is 0 Å². The summed E-state index contributed by atoms with van der Waals surface area (Å²) in [6, 6.07) is 5.58. The molecule has 0 radical (unpaired) electrons. The number of halogens is 1. The molecule has 0 saturated heterocycles. The molecule has 0 aliphatic rings. The van der Waals surface area contributed by atoms with Gasteiger partial charge in [-0.3, -0.25) is 0 Å². The summed E-state index contributed by atoms with van der Waals surface area (Å²) in [5.41, 5.74) is 1.82. The highest BCUT2D eigenvalue weighted by atomic mass is 35.5. The number of nitrogens with one attached hydrogen (secondary N) is 1. The van der Waals surface area contributed by atoms with Gasteiger partial charge < -0.3 is 9.51 Å². The molecule has 0 saturated carbocycles. The molecular weight excluding hydrogens is 296 g/mol. The van der Waals surface area contributed by atoms with Crippen molar-refractivity contribution in [1.29, 1.82) is 0 Å². The Morgan fingerprint density at radius 2 is 2.25 bits per heavy atom. The lowest BCUT2D eigenvalue weighted by atomic mass is 10.3. The van der Waals surface area contributed by atoms with Crippen LogP contribution in [-0.2, 0) is 6.42 Å². The highest BCUT2D eigenvalue weighted by Crippen LogP contribution is 2.33. The van der Waals surface area contributed by atoms with Crippen LogP contribution in [0.3, 0.4) is 0 Å². The van der Waals surface area contributed by atoms with E-state index in [4.69, 9.17) is 16.1 Å². The molecule has 104 valence electrons. The van der Waals surface area contributed by atoms with Crippen molar-refractivity contribution in [2.75, 3.05) is 0 Å². The number of hydrogen-bond donors (Lipinski definition) is 1. The minimum atomic E-state index is 0.0406. The van der Waals surface area contributed by atoms with E-state index in [-0.39, 0.29) is 5.25 Å². The van der Waals surface area contributed by atoms with Gasteiger partial charge in [-0.1, -0.05) is 35.4 Å². The number of benzene rings is 1. The second-order valence-corrected chi connectivity index (χ2v) is 6.13. The number of aromatic amines is 1. The van der Waals surface area contributed by atoms with E-state index in [2.05, 4.69) is 20.1 Å². The molecule has 0 aliphatic heterocycles. The molecule has 2 heterocycles. The van der Waals surface area contributed by atoms with Gasteiger partial charge in [0, 0.05) is 11.4 Å². The van der Waals surface area contributed by atoms with Crippen molar-refractivity contribution < 1.29 is 4.52 Å². The molecule has 1 N–H and O–H groups in total. The molecule has 3 aromatic rings. The van der Waals surface area contributed by atoms with E-state index < -0.39 is 0 Å². The number of H-pyrrole nitrogens is 1. The first-order valence-corrected chi connectivity index (χ1v) is 7.56. The van der Waals surface area contributed by atoms with Gasteiger partial charge >= 0.3 is 0 Å². The van der Waals surface area contributed by atoms with Crippen LogP contribution in [0.25, 0.3) is 11.0 Å². The highest BCUT2D eigenvalue weighted by molar-refractivity contribution is 7.99. The molecule has 1 aromatic carbocycles. The van der Waals surface area contributed by atoms with Gasteiger partial charge in [0.1, 0.15) is 0 Å². The largest absolute Gasteiger partial charge is 0.338 e. The molecule has 5 nitrogen and oxygen atoms in total. The molecule has 0 aliphatic carbocycles. The number of rotatable bonds is 4. The zero-order valence-corrected chi connectivity index (χ0v) is 12.6. The summed E-state index contributed by atoms with van der Waals surface area (Å²) in [6.07, 6.45) is 0.768. The van der Waals surface area contributed by atoms with Gasteiger partial charge in [-0.05, 0) is 25.1 Å². The average Bonchev–Trinajstić information content (AvgIpc) is 3.03. The lowest BCUT2D eigenvalue weighted by molar-refractivity contribution is 0.375. The Morgan fingerprint density at radius 1 is 1.40 bits per heavy atom. The summed E-state index contributed by atoms with van der Waals surface area (Å²) in [7, 11) is 0. The monoisotopic (exact) mass is 308 g/mol. The molecule has 1 atom stereocenters. The number of thioether (sulfide) groups is 1. The summed E-state index contributed by atoms with van der Waals surface area (Å²) in [6.45, 7) is 4.01. The zero-order chi connectivity index (χ0) is 14.1. The van der Waals surface area contributed by atoms with Crippen molar-refractivity contribution in [3.05, 3.63) is 34.9 Å². The quantitative estimate of drug-likeness (QED) is 0.737. The van der Waals surface area contributed by atoms with E-state index in [9.17, 15) is 0 Å². The van der Waals surface area contributed by atoms with Gasteiger partial charge in [0.15, 0.2) is 11.0 Å². The third-order valence-electron chi connectivity index (χ3n) is 2.86. The van der Waals surface area contributed by atoms with Crippen LogP contribution in [0.15, 0.2) is 27.9 Å². The standard InChI is InChI=1S/C13H13ClN4OS/c1-3-11-17-12(19-18-11)7(2)20-13-15-9-5-4-8(14)6-10(9)16-13/h4-7H,3H2,1-2H3,(H,15,16). The topological polar surface area (TPSA) is 67.6 Å². The molecule has 3 rings (SSSR count). The fraction of sp³-hybridized carbons (Fsp3) is 0.308. The predicted octanol–water partition coefficient (Wildman–Crippen LogP) is 4.02. The predicted molar refractivity (Wildman–Crippen MR) is 79.1 cm³/mol. The molecule has 0 fully saturated rings. The number of fused-ring (bicyclic) bond motifs is 1. The highest BCUT2D eigenvalue weighted by Gasteiger charge is 2.17. The fourth-order valence-electron chi connectivity index (χ4n) is 1.81. The van der Waals surface area contributed by atoms with E-state index in [1.165, 1.54) is 0 Å². The SMILES string of the molecule is CCc1noc(C(C)Sc2nc3ccc(Cl)cc3[nH]2)n1. The Kier molecular flexibility index (Phi) is 3.67. The minimum absolute atomic E-state index is 0.0406. The molecular formula is C13H13ClN4OS. The van der Waals surface area contributed by atoms with Crippen LogP contribution in [0.4, 0.5) is 0 Å². The normalized spacial score (nSPS) is 12.9. The lowest BCUT2D eigenvalue weighted by Crippen LogP contribution is -1.90. The summed E-state index contributed by atoms with van der Waals surface area (Å²) in [5.74, 6) is 1.34. The van der Waals surface area contributed by atoms with E-state index in [1.54, 1.807) is 11.8 Å². The Labute approximate surface area is 125 Å². The fourth-order valence-corrected chi connectivity index (χ4v) is 2.83. The van der Waals surface area contributed by atoms with Crippen molar-refractivity contribution in [1.82, 2.24) is 20.1 Å². The van der Waals surface area contributed by atoms with Gasteiger partial charge in [0.25, 0.3) is 0 Å². The summed E-state index contributed by atoms with van der Waals surface area (Å²) in [5, 5.41) is 5.45. The third-order valence-corrected chi connectivity index (χ3v) is 4.07. The Balaban J connectivity index is 1.81. The third kappa shape index (κ3) is 2.66. The number of aryl methyl sites for hydroxylation is 1. The van der Waals surface area contributed by atoms with Crippen LogP contribution in [0.5, 0.6) is 0 Å². The molecule has 2 aromatic heterocycles. The van der Waals surface area contributed by atoms with Gasteiger partial charge in [-0.15, -0.1) is 0 Å². The van der Waals surface area contributed by atoms with Crippen molar-refractivity contribution in [2.45, 2.75) is 30.7 Å². The van der Waals surface area contributed by atoms with Crippen LogP contribution in [0.1, 0.15) is 30.8 Å². The number of imidazole rings is 1. The van der Waals surface area contributed by atoms with Gasteiger partial charge in [-0.2, -0.15) is 4.98 Å². The summed E-state index contributed by atoms with van der Waals surface area (Å²) >= 11 is 7.51. The van der Waals surface area contributed by atoms with Crippen molar-refractivity contribution >= 4 is 34.4 Å². The summed E-state index contributed by atoms with van der Waals surface area (Å²) < 4.78 is 5.24. The maximum absolute atomic E-state index is 5.96. The average molecular weight is 309 g/mol. The first-order valence-electron chi connectivity index (χ1n) is 6.30. The number of aromatic nitrogens is 4. The van der Waals surface area contributed by atoms with E-state index >= 15 is 0 Å². The lowest BCUT2D eigenvalue weighted by Gasteiger charge is -2.02. The minimum Gasteiger partial charge on any atom is -0.338 e. The van der Waals surface area contributed by atoms with Gasteiger partial charge in [-0.25, -0.2) is 4.98 Å². The molecule has 7 heteroatoms. The molecule has 0 spiro atoms. The number of hydrogen-bond acceptors (Lipinski definition) is 5. The van der Waals surface area contributed by atoms with Crippen LogP contribution >= 0.6 is 23.4 Å². The van der Waals surface area contributed by atoms with Crippen LogP contribution < -0.4 is 0 Å². The van der Waals surface area contributed by atoms with Crippen LogP contribution in [0, 0.1) is 0 Å². The van der Waals surface area contributed by atoms with E-state index in [0.717, 1.165) is 28.4 Å². The summed E-state index contributed by atoms with van der Waals surface area (Å²) in [4.78, 5) is 12.1. The Bertz CT molecular complexity index is 739. The van der Waals surface area contributed by atoms with E-state index in [0.29, 0.717) is 10.9 Å². The molecule has 1 unspecified atom stereocenters. The van der Waals surface area contributed by atoms with Crippen molar-refractivity contribution in [3.63, 3.8) is 0 Å². The molecule has 0 amide bonds. The molecule has 20 heavy (non-hydrogen) atoms. The smallest absolute Gasteiger partial charge is 0.239 e. The van der Waals surface area contributed by atoms with Gasteiger partial charge in [0.2, 0.25) is 5.89 Å². The first kappa shape index (κ1) is 13.5. The number of nitrogens with zero attached hydrogens (tertiary/aromatic N) is 3. The first-order chi connectivity index (χ1) is 9.65.